The highest BCUT2D eigenvalue weighted by atomic mass is 16.5. The summed E-state index contributed by atoms with van der Waals surface area (Å²) in [5.41, 5.74) is 9.31. The van der Waals surface area contributed by atoms with E-state index in [4.69, 9.17) is 15.2 Å². The largest absolute Gasteiger partial charge is 0.334 e. The number of nitrogens with two attached hydrogens (primary N) is 1. The topological polar surface area (TPSA) is 121 Å². The van der Waals surface area contributed by atoms with Crippen molar-refractivity contribution in [2.75, 3.05) is 0 Å². The molecule has 2 N–H and O–H groups in total. The molecule has 9 nitrogen and oxygen atoms in total. The molecule has 30 heavy (non-hydrogen) atoms. The van der Waals surface area contributed by atoms with Gasteiger partial charge in [0.25, 0.3) is 5.89 Å². The third kappa shape index (κ3) is 3.17. The fourth-order valence-corrected chi connectivity index (χ4v) is 3.74. The maximum atomic E-state index is 5.59. The van der Waals surface area contributed by atoms with Crippen LogP contribution in [-0.4, -0.2) is 34.9 Å². The molecule has 4 heterocycles. The van der Waals surface area contributed by atoms with Gasteiger partial charge in [-0.2, -0.15) is 10.1 Å². The quantitative estimate of drug-likeness (QED) is 0.522. The molecule has 0 bridgehead atoms. The normalized spacial score (nSPS) is 15.8. The zero-order chi connectivity index (χ0) is 20.7. The van der Waals surface area contributed by atoms with Gasteiger partial charge in [0.05, 0.1) is 41.0 Å². The van der Waals surface area contributed by atoms with Crippen LogP contribution >= 0.6 is 0 Å². The number of aromatic nitrogens is 7. The lowest BCUT2D eigenvalue weighted by molar-refractivity contribution is 0.386. The average molecular weight is 402 g/mol. The van der Waals surface area contributed by atoms with Gasteiger partial charge in [-0.3, -0.25) is 19.6 Å². The Bertz CT molecular complexity index is 1160. The van der Waals surface area contributed by atoms with Gasteiger partial charge in [-0.15, -0.1) is 0 Å². The van der Waals surface area contributed by atoms with E-state index in [2.05, 4.69) is 38.2 Å². The number of aryl methyl sites for hydroxylation is 1. The number of rotatable bonds is 6. The molecule has 152 valence electrons. The first-order valence-electron chi connectivity index (χ1n) is 9.89. The van der Waals surface area contributed by atoms with Gasteiger partial charge < -0.3 is 10.3 Å². The summed E-state index contributed by atoms with van der Waals surface area (Å²) >= 11 is 0. The molecule has 1 saturated carbocycles. The molecule has 0 saturated heterocycles. The van der Waals surface area contributed by atoms with Crippen LogP contribution in [0.5, 0.6) is 0 Å². The van der Waals surface area contributed by atoms with Crippen LogP contribution in [0, 0.1) is 5.92 Å². The lowest BCUT2D eigenvalue weighted by atomic mass is 9.77. The summed E-state index contributed by atoms with van der Waals surface area (Å²) < 4.78 is 7.27. The minimum Gasteiger partial charge on any atom is -0.334 e. The Morgan fingerprint density at radius 2 is 1.93 bits per heavy atom. The highest BCUT2D eigenvalue weighted by Crippen LogP contribution is 2.50. The van der Waals surface area contributed by atoms with Crippen molar-refractivity contribution in [3.8, 4) is 22.8 Å². The Labute approximate surface area is 173 Å². The molecule has 0 aromatic carbocycles. The highest BCUT2D eigenvalue weighted by Gasteiger charge is 2.47. The van der Waals surface area contributed by atoms with Crippen molar-refractivity contribution >= 4 is 0 Å². The standard InChI is InChI=1S/C21H22N8O/c1-21(14-3-4-14,20-27-19(30-28-20)13-8-26-29(2)12-13)15-5-6-17(24-9-15)18-11-23-16(7-22)10-25-18/h5-6,8-12,14H,3-4,7,22H2,1-2H3/t21-/m1/s1. The van der Waals surface area contributed by atoms with E-state index in [1.165, 1.54) is 0 Å². The molecule has 1 atom stereocenters. The van der Waals surface area contributed by atoms with Crippen molar-refractivity contribution in [2.24, 2.45) is 18.7 Å². The average Bonchev–Trinajstić information content (AvgIpc) is 3.37. The molecule has 4 aromatic rings. The van der Waals surface area contributed by atoms with Crippen LogP contribution in [-0.2, 0) is 19.0 Å². The molecule has 0 aliphatic heterocycles. The third-order valence-electron chi connectivity index (χ3n) is 5.78. The Balaban J connectivity index is 1.47. The lowest BCUT2D eigenvalue weighted by Gasteiger charge is -2.26. The van der Waals surface area contributed by atoms with E-state index in [9.17, 15) is 0 Å². The number of pyridine rings is 1. The Morgan fingerprint density at radius 1 is 1.10 bits per heavy atom. The first-order chi connectivity index (χ1) is 14.6. The van der Waals surface area contributed by atoms with Crippen molar-refractivity contribution in [2.45, 2.75) is 31.7 Å². The Kier molecular flexibility index (Phi) is 4.39. The summed E-state index contributed by atoms with van der Waals surface area (Å²) in [6.07, 6.45) is 11.1. The van der Waals surface area contributed by atoms with Crippen molar-refractivity contribution < 1.29 is 4.52 Å². The lowest BCUT2D eigenvalue weighted by Crippen LogP contribution is -2.28. The molecule has 0 radical (unpaired) electrons. The van der Waals surface area contributed by atoms with E-state index in [0.29, 0.717) is 29.9 Å². The predicted molar refractivity (Wildman–Crippen MR) is 109 cm³/mol. The molecular weight excluding hydrogens is 380 g/mol. The maximum absolute atomic E-state index is 5.59. The second-order valence-corrected chi connectivity index (χ2v) is 7.83. The number of hydrogen-bond acceptors (Lipinski definition) is 8. The van der Waals surface area contributed by atoms with E-state index in [0.717, 1.165) is 35.4 Å². The van der Waals surface area contributed by atoms with Crippen LogP contribution in [0.3, 0.4) is 0 Å². The van der Waals surface area contributed by atoms with E-state index in [-0.39, 0.29) is 5.41 Å². The zero-order valence-corrected chi connectivity index (χ0v) is 16.9. The van der Waals surface area contributed by atoms with Gasteiger partial charge in [0.1, 0.15) is 5.69 Å². The van der Waals surface area contributed by atoms with Crippen LogP contribution < -0.4 is 5.73 Å². The van der Waals surface area contributed by atoms with E-state index >= 15 is 0 Å². The number of hydrogen-bond donors (Lipinski definition) is 1. The van der Waals surface area contributed by atoms with Crippen LogP contribution in [0.1, 0.15) is 36.8 Å². The van der Waals surface area contributed by atoms with Crippen LogP contribution in [0.25, 0.3) is 22.8 Å². The number of nitrogens with zero attached hydrogens (tertiary/aromatic N) is 7. The monoisotopic (exact) mass is 402 g/mol. The van der Waals surface area contributed by atoms with Crippen molar-refractivity contribution in [3.05, 3.63) is 60.2 Å². The summed E-state index contributed by atoms with van der Waals surface area (Å²) in [5.74, 6) is 1.60. The SMILES string of the molecule is Cn1cc(-c2nc([C@@](C)(c3ccc(-c4cnc(CN)cn4)nc3)C3CC3)no2)cn1. The molecule has 0 amide bonds. The summed E-state index contributed by atoms with van der Waals surface area (Å²) in [6.45, 7) is 2.53. The molecule has 1 aliphatic rings. The van der Waals surface area contributed by atoms with Gasteiger partial charge in [-0.1, -0.05) is 11.2 Å². The van der Waals surface area contributed by atoms with Crippen LogP contribution in [0.15, 0.2) is 47.6 Å². The van der Waals surface area contributed by atoms with E-state index in [1.807, 2.05) is 25.5 Å². The molecule has 0 spiro atoms. The predicted octanol–water partition coefficient (Wildman–Crippen LogP) is 2.50. The van der Waals surface area contributed by atoms with Gasteiger partial charge in [0.2, 0.25) is 0 Å². The first-order valence-corrected chi connectivity index (χ1v) is 9.89. The minimum atomic E-state index is -0.370. The molecular formula is C21H22N8O. The Hall–Kier alpha value is -3.46. The van der Waals surface area contributed by atoms with Gasteiger partial charge >= 0.3 is 0 Å². The maximum Gasteiger partial charge on any atom is 0.261 e. The van der Waals surface area contributed by atoms with Gasteiger partial charge in [0.15, 0.2) is 5.82 Å². The summed E-state index contributed by atoms with van der Waals surface area (Å²) in [5, 5.41) is 8.51. The van der Waals surface area contributed by atoms with Crippen molar-refractivity contribution in [1.29, 1.82) is 0 Å². The molecule has 1 fully saturated rings. The van der Waals surface area contributed by atoms with E-state index < -0.39 is 0 Å². The molecule has 5 rings (SSSR count). The summed E-state index contributed by atoms with van der Waals surface area (Å²) in [6, 6.07) is 4.03. The first kappa shape index (κ1) is 18.6. The molecule has 4 aromatic heterocycles. The second kappa shape index (κ2) is 7.10. The van der Waals surface area contributed by atoms with Crippen LogP contribution in [0.2, 0.25) is 0 Å². The highest BCUT2D eigenvalue weighted by molar-refractivity contribution is 5.54. The van der Waals surface area contributed by atoms with Crippen molar-refractivity contribution in [1.82, 2.24) is 34.9 Å². The van der Waals surface area contributed by atoms with Gasteiger partial charge in [-0.05, 0) is 37.3 Å². The summed E-state index contributed by atoms with van der Waals surface area (Å²) in [7, 11) is 1.86. The van der Waals surface area contributed by atoms with E-state index in [1.54, 1.807) is 23.3 Å². The second-order valence-electron chi connectivity index (χ2n) is 7.83. The fourth-order valence-electron chi connectivity index (χ4n) is 3.74. The summed E-state index contributed by atoms with van der Waals surface area (Å²) in [4.78, 5) is 18.1. The zero-order valence-electron chi connectivity index (χ0n) is 16.9. The van der Waals surface area contributed by atoms with Crippen LogP contribution in [0.4, 0.5) is 0 Å². The minimum absolute atomic E-state index is 0.366. The Morgan fingerprint density at radius 3 is 2.53 bits per heavy atom. The molecule has 9 heteroatoms. The van der Waals surface area contributed by atoms with Gasteiger partial charge in [0, 0.05) is 26.0 Å². The smallest absolute Gasteiger partial charge is 0.261 e. The molecule has 0 unspecified atom stereocenters. The fraction of sp³-hybridized carbons (Fsp3) is 0.333. The molecule has 1 aliphatic carbocycles. The third-order valence-corrected chi connectivity index (χ3v) is 5.78. The van der Waals surface area contributed by atoms with Gasteiger partial charge in [-0.25, -0.2) is 0 Å². The van der Waals surface area contributed by atoms with Crippen molar-refractivity contribution in [3.63, 3.8) is 0 Å².